The van der Waals surface area contributed by atoms with Crippen LogP contribution in [0.4, 0.5) is 5.69 Å². The highest BCUT2D eigenvalue weighted by Gasteiger charge is 2.01. The third-order valence-corrected chi connectivity index (χ3v) is 3.16. The van der Waals surface area contributed by atoms with Crippen molar-refractivity contribution in [1.82, 2.24) is 5.32 Å². The van der Waals surface area contributed by atoms with Crippen LogP contribution < -0.4 is 10.6 Å². The Kier molecular flexibility index (Phi) is 4.98. The Balaban J connectivity index is 1.74. The molecule has 0 aromatic heterocycles. The summed E-state index contributed by atoms with van der Waals surface area (Å²) in [7, 11) is 0. The van der Waals surface area contributed by atoms with Crippen LogP contribution in [0.5, 0.6) is 0 Å². The monoisotopic (exact) mass is 318 g/mol. The third-order valence-electron chi connectivity index (χ3n) is 2.63. The number of carbonyl (C=O) groups excluding carboxylic acids is 1. The van der Waals surface area contributed by atoms with Crippen molar-refractivity contribution < 1.29 is 4.79 Å². The molecule has 0 radical (unpaired) electrons. The van der Waals surface area contributed by atoms with Crippen LogP contribution in [0.2, 0.25) is 0 Å². The standard InChI is InChI=1S/C15H15BrN2O/c16-13-6-8-14(9-7-13)17-11-15(19)18-10-12-4-2-1-3-5-12/h1-9,17H,10-11H2,(H,18,19). The van der Waals surface area contributed by atoms with Crippen LogP contribution in [0.3, 0.4) is 0 Å². The van der Waals surface area contributed by atoms with Gasteiger partial charge in [0, 0.05) is 16.7 Å². The number of hydrogen-bond acceptors (Lipinski definition) is 2. The molecule has 0 atom stereocenters. The lowest BCUT2D eigenvalue weighted by Crippen LogP contribution is -2.29. The van der Waals surface area contributed by atoms with Crippen molar-refractivity contribution in [1.29, 1.82) is 0 Å². The molecule has 0 saturated heterocycles. The van der Waals surface area contributed by atoms with E-state index in [1.54, 1.807) is 0 Å². The lowest BCUT2D eigenvalue weighted by Gasteiger charge is -2.08. The van der Waals surface area contributed by atoms with Gasteiger partial charge in [0.25, 0.3) is 0 Å². The molecule has 4 heteroatoms. The molecular formula is C15H15BrN2O. The average Bonchev–Trinajstić information content (AvgIpc) is 2.45. The lowest BCUT2D eigenvalue weighted by atomic mass is 10.2. The molecule has 0 fully saturated rings. The second kappa shape index (κ2) is 6.95. The molecule has 3 nitrogen and oxygen atoms in total. The summed E-state index contributed by atoms with van der Waals surface area (Å²) < 4.78 is 1.02. The van der Waals surface area contributed by atoms with Gasteiger partial charge < -0.3 is 10.6 Å². The Labute approximate surface area is 121 Å². The molecule has 2 aromatic carbocycles. The zero-order chi connectivity index (χ0) is 13.5. The average molecular weight is 319 g/mol. The second-order valence-electron chi connectivity index (χ2n) is 4.12. The van der Waals surface area contributed by atoms with Crippen LogP contribution in [-0.4, -0.2) is 12.5 Å². The van der Waals surface area contributed by atoms with Crippen molar-refractivity contribution in [3.8, 4) is 0 Å². The van der Waals surface area contributed by atoms with Gasteiger partial charge in [-0.2, -0.15) is 0 Å². The van der Waals surface area contributed by atoms with Crippen molar-refractivity contribution in [2.24, 2.45) is 0 Å². The fourth-order valence-electron chi connectivity index (χ4n) is 1.61. The number of nitrogens with one attached hydrogen (secondary N) is 2. The minimum atomic E-state index is -0.0215. The van der Waals surface area contributed by atoms with Crippen LogP contribution in [0.25, 0.3) is 0 Å². The number of benzene rings is 2. The van der Waals surface area contributed by atoms with Gasteiger partial charge in [0.2, 0.25) is 5.91 Å². The van der Waals surface area contributed by atoms with Gasteiger partial charge in [-0.05, 0) is 29.8 Å². The van der Waals surface area contributed by atoms with Crippen molar-refractivity contribution in [3.63, 3.8) is 0 Å². The van der Waals surface area contributed by atoms with Gasteiger partial charge in [-0.3, -0.25) is 4.79 Å². The molecular weight excluding hydrogens is 304 g/mol. The molecule has 2 N–H and O–H groups in total. The number of carbonyl (C=O) groups is 1. The fourth-order valence-corrected chi connectivity index (χ4v) is 1.87. The molecule has 2 aromatic rings. The first-order valence-electron chi connectivity index (χ1n) is 6.04. The maximum absolute atomic E-state index is 11.7. The molecule has 0 aliphatic carbocycles. The van der Waals surface area contributed by atoms with E-state index in [0.29, 0.717) is 6.54 Å². The zero-order valence-electron chi connectivity index (χ0n) is 10.4. The Morgan fingerprint density at radius 2 is 1.68 bits per heavy atom. The van der Waals surface area contributed by atoms with E-state index in [9.17, 15) is 4.79 Å². The summed E-state index contributed by atoms with van der Waals surface area (Å²) in [5.74, 6) is -0.0215. The predicted molar refractivity (Wildman–Crippen MR) is 80.9 cm³/mol. The summed E-state index contributed by atoms with van der Waals surface area (Å²) in [6.07, 6.45) is 0. The molecule has 0 saturated carbocycles. The molecule has 0 aliphatic heterocycles. The molecule has 1 amide bonds. The van der Waals surface area contributed by atoms with Gasteiger partial charge in [0.05, 0.1) is 6.54 Å². The highest BCUT2D eigenvalue weighted by atomic mass is 79.9. The molecule has 0 heterocycles. The van der Waals surface area contributed by atoms with Crippen LogP contribution >= 0.6 is 15.9 Å². The van der Waals surface area contributed by atoms with Crippen molar-refractivity contribution >= 4 is 27.5 Å². The van der Waals surface area contributed by atoms with Gasteiger partial charge in [0.1, 0.15) is 0 Å². The van der Waals surface area contributed by atoms with Crippen LogP contribution in [0, 0.1) is 0 Å². The number of rotatable bonds is 5. The number of anilines is 1. The summed E-state index contributed by atoms with van der Waals surface area (Å²) in [5.41, 5.74) is 2.03. The van der Waals surface area contributed by atoms with E-state index in [0.717, 1.165) is 15.7 Å². The summed E-state index contributed by atoms with van der Waals surface area (Å²) in [4.78, 5) is 11.7. The lowest BCUT2D eigenvalue weighted by molar-refractivity contribution is -0.119. The molecule has 2 rings (SSSR count). The molecule has 0 bridgehead atoms. The van der Waals surface area contributed by atoms with Gasteiger partial charge >= 0.3 is 0 Å². The number of amides is 1. The van der Waals surface area contributed by atoms with Gasteiger partial charge in [-0.1, -0.05) is 46.3 Å². The van der Waals surface area contributed by atoms with Crippen LogP contribution in [-0.2, 0) is 11.3 Å². The van der Waals surface area contributed by atoms with E-state index in [2.05, 4.69) is 26.6 Å². The third kappa shape index (κ3) is 4.75. The summed E-state index contributed by atoms with van der Waals surface area (Å²) in [6.45, 7) is 0.830. The molecule has 0 aliphatic rings. The largest absolute Gasteiger partial charge is 0.376 e. The first-order chi connectivity index (χ1) is 9.24. The number of hydrogen-bond donors (Lipinski definition) is 2. The van der Waals surface area contributed by atoms with Gasteiger partial charge in [-0.25, -0.2) is 0 Å². The topological polar surface area (TPSA) is 41.1 Å². The van der Waals surface area contributed by atoms with Crippen molar-refractivity contribution in [2.75, 3.05) is 11.9 Å². The van der Waals surface area contributed by atoms with Crippen molar-refractivity contribution in [3.05, 3.63) is 64.6 Å². The summed E-state index contributed by atoms with van der Waals surface area (Å²) in [5, 5.41) is 5.94. The first kappa shape index (κ1) is 13.6. The SMILES string of the molecule is O=C(CNc1ccc(Br)cc1)NCc1ccccc1. The van der Waals surface area contributed by atoms with Crippen molar-refractivity contribution in [2.45, 2.75) is 6.54 Å². The summed E-state index contributed by atoms with van der Waals surface area (Å²) in [6, 6.07) is 17.6. The Morgan fingerprint density at radius 1 is 1.00 bits per heavy atom. The molecule has 19 heavy (non-hydrogen) atoms. The quantitative estimate of drug-likeness (QED) is 0.889. The maximum atomic E-state index is 11.7. The smallest absolute Gasteiger partial charge is 0.239 e. The summed E-state index contributed by atoms with van der Waals surface area (Å²) >= 11 is 3.37. The van der Waals surface area contributed by atoms with E-state index in [1.807, 2.05) is 54.6 Å². The minimum Gasteiger partial charge on any atom is -0.376 e. The van der Waals surface area contributed by atoms with E-state index in [-0.39, 0.29) is 12.5 Å². The predicted octanol–water partition coefficient (Wildman–Crippen LogP) is 3.18. The Hall–Kier alpha value is -1.81. The highest BCUT2D eigenvalue weighted by molar-refractivity contribution is 9.10. The molecule has 0 spiro atoms. The first-order valence-corrected chi connectivity index (χ1v) is 6.83. The molecule has 98 valence electrons. The molecule has 0 unspecified atom stereocenters. The maximum Gasteiger partial charge on any atom is 0.239 e. The van der Waals surface area contributed by atoms with E-state index in [1.165, 1.54) is 0 Å². The van der Waals surface area contributed by atoms with Crippen LogP contribution in [0.1, 0.15) is 5.56 Å². The Morgan fingerprint density at radius 3 is 2.37 bits per heavy atom. The van der Waals surface area contributed by atoms with Crippen LogP contribution in [0.15, 0.2) is 59.1 Å². The number of halogens is 1. The van der Waals surface area contributed by atoms with Gasteiger partial charge in [-0.15, -0.1) is 0 Å². The fraction of sp³-hybridized carbons (Fsp3) is 0.133. The van der Waals surface area contributed by atoms with Gasteiger partial charge in [0.15, 0.2) is 0 Å². The second-order valence-corrected chi connectivity index (χ2v) is 5.04. The van der Waals surface area contributed by atoms with E-state index < -0.39 is 0 Å². The zero-order valence-corrected chi connectivity index (χ0v) is 12.0. The Bertz CT molecular complexity index is 526. The van der Waals surface area contributed by atoms with E-state index >= 15 is 0 Å². The minimum absolute atomic E-state index is 0.0215. The highest BCUT2D eigenvalue weighted by Crippen LogP contribution is 2.13. The normalized spacial score (nSPS) is 9.95. The van der Waals surface area contributed by atoms with E-state index in [4.69, 9.17) is 0 Å².